The Kier molecular flexibility index (Phi) is 4.04. The normalized spacial score (nSPS) is 10.6. The lowest BCUT2D eigenvalue weighted by Gasteiger charge is -2.03. The van der Waals surface area contributed by atoms with E-state index in [1.807, 2.05) is 6.92 Å². The van der Waals surface area contributed by atoms with Crippen LogP contribution in [0.15, 0.2) is 22.7 Å². The molecule has 0 unspecified atom stereocenters. The van der Waals surface area contributed by atoms with Crippen LogP contribution in [0.2, 0.25) is 5.02 Å². The van der Waals surface area contributed by atoms with Crippen molar-refractivity contribution < 1.29 is 9.90 Å². The molecule has 6 heteroatoms. The highest BCUT2D eigenvalue weighted by Crippen LogP contribution is 2.36. The molecule has 0 spiro atoms. The van der Waals surface area contributed by atoms with Gasteiger partial charge in [-0.05, 0) is 18.6 Å². The van der Waals surface area contributed by atoms with Crippen molar-refractivity contribution >= 4 is 44.8 Å². The molecule has 0 aliphatic rings. The first-order chi connectivity index (χ1) is 8.52. The molecule has 0 saturated carbocycles. The van der Waals surface area contributed by atoms with Gasteiger partial charge in [-0.25, -0.2) is 9.78 Å². The van der Waals surface area contributed by atoms with Crippen LogP contribution in [0.5, 0.6) is 0 Å². The maximum atomic E-state index is 11.2. The molecule has 1 aromatic heterocycles. The van der Waals surface area contributed by atoms with Crippen LogP contribution in [-0.2, 0) is 6.42 Å². The van der Waals surface area contributed by atoms with Crippen LogP contribution in [0.4, 0.5) is 0 Å². The number of carboxylic acids is 1. The number of aryl methyl sites for hydroxylation is 1. The molecule has 2 aromatic rings. The first kappa shape index (κ1) is 13.5. The average molecular weight is 347 g/mol. The molecule has 0 aliphatic carbocycles. The molecule has 2 rings (SSSR count). The molecule has 0 saturated heterocycles. The van der Waals surface area contributed by atoms with Gasteiger partial charge in [0, 0.05) is 15.1 Å². The molecule has 0 fully saturated rings. The minimum absolute atomic E-state index is 0.0971. The number of rotatable bonds is 3. The number of carbonyl (C=O) groups is 1. The van der Waals surface area contributed by atoms with Crippen LogP contribution in [-0.4, -0.2) is 16.1 Å². The van der Waals surface area contributed by atoms with Crippen molar-refractivity contribution in [3.8, 4) is 10.4 Å². The molecule has 0 atom stereocenters. The second kappa shape index (κ2) is 5.38. The van der Waals surface area contributed by atoms with Crippen LogP contribution in [0.25, 0.3) is 10.4 Å². The SMILES string of the molecule is CCc1nc(C(=O)O)c(-c2ccc(Cl)cc2Br)s1. The summed E-state index contributed by atoms with van der Waals surface area (Å²) in [6.45, 7) is 1.95. The number of thiazole rings is 1. The summed E-state index contributed by atoms with van der Waals surface area (Å²) in [5.41, 5.74) is 0.897. The smallest absolute Gasteiger partial charge is 0.356 e. The molecule has 1 N–H and O–H groups in total. The fourth-order valence-corrected chi connectivity index (χ4v) is 3.56. The molecule has 3 nitrogen and oxygen atoms in total. The molecule has 0 amide bonds. The Morgan fingerprint density at radius 1 is 1.56 bits per heavy atom. The van der Waals surface area contributed by atoms with E-state index in [0.717, 1.165) is 21.5 Å². The monoisotopic (exact) mass is 345 g/mol. The van der Waals surface area contributed by atoms with Crippen molar-refractivity contribution in [2.45, 2.75) is 13.3 Å². The van der Waals surface area contributed by atoms with Gasteiger partial charge in [-0.1, -0.05) is 40.5 Å². The van der Waals surface area contributed by atoms with Gasteiger partial charge in [0.2, 0.25) is 0 Å². The third-order valence-corrected chi connectivity index (χ3v) is 4.48. The maximum absolute atomic E-state index is 11.2. The van der Waals surface area contributed by atoms with Crippen LogP contribution >= 0.6 is 38.9 Å². The van der Waals surface area contributed by atoms with Gasteiger partial charge in [0.25, 0.3) is 0 Å². The van der Waals surface area contributed by atoms with E-state index < -0.39 is 5.97 Å². The van der Waals surface area contributed by atoms with E-state index in [-0.39, 0.29) is 5.69 Å². The fourth-order valence-electron chi connectivity index (χ4n) is 1.52. The molecule has 0 radical (unpaired) electrons. The molecule has 18 heavy (non-hydrogen) atoms. The number of carboxylic acid groups (broad SMARTS) is 1. The Bertz CT molecular complexity index is 612. The standard InChI is InChI=1S/C12H9BrClNO2S/c1-2-9-15-10(12(16)17)11(18-9)7-4-3-6(14)5-8(7)13/h3-5H,2H2,1H3,(H,16,17). The third-order valence-electron chi connectivity index (χ3n) is 2.35. The van der Waals surface area contributed by atoms with Crippen LogP contribution in [0, 0.1) is 0 Å². The number of aromatic carboxylic acids is 1. The van der Waals surface area contributed by atoms with E-state index >= 15 is 0 Å². The average Bonchev–Trinajstić information content (AvgIpc) is 2.73. The van der Waals surface area contributed by atoms with Gasteiger partial charge in [0.1, 0.15) is 0 Å². The number of aromatic nitrogens is 1. The highest BCUT2D eigenvalue weighted by molar-refractivity contribution is 9.10. The molecule has 1 aromatic carbocycles. The van der Waals surface area contributed by atoms with Gasteiger partial charge in [0.05, 0.1) is 9.88 Å². The number of hydrogen-bond acceptors (Lipinski definition) is 3. The summed E-state index contributed by atoms with van der Waals surface area (Å²) >= 11 is 10.7. The van der Waals surface area contributed by atoms with E-state index in [4.69, 9.17) is 11.6 Å². The number of hydrogen-bond donors (Lipinski definition) is 1. The quantitative estimate of drug-likeness (QED) is 0.891. The largest absolute Gasteiger partial charge is 0.476 e. The Balaban J connectivity index is 2.62. The summed E-state index contributed by atoms with van der Waals surface area (Å²) in [7, 11) is 0. The predicted molar refractivity (Wildman–Crippen MR) is 76.6 cm³/mol. The minimum Gasteiger partial charge on any atom is -0.476 e. The minimum atomic E-state index is -1.01. The zero-order chi connectivity index (χ0) is 13.3. The molecular formula is C12H9BrClNO2S. The summed E-state index contributed by atoms with van der Waals surface area (Å²) in [4.78, 5) is 16.0. The van der Waals surface area contributed by atoms with E-state index in [1.54, 1.807) is 18.2 Å². The van der Waals surface area contributed by atoms with Crippen LogP contribution in [0.3, 0.4) is 0 Å². The van der Waals surface area contributed by atoms with Gasteiger partial charge in [0.15, 0.2) is 5.69 Å². The lowest BCUT2D eigenvalue weighted by Crippen LogP contribution is -1.99. The first-order valence-corrected chi connectivity index (χ1v) is 7.20. The summed E-state index contributed by atoms with van der Waals surface area (Å²) in [5.74, 6) is -1.01. The third kappa shape index (κ3) is 2.58. The maximum Gasteiger partial charge on any atom is 0.356 e. The van der Waals surface area contributed by atoms with Crippen molar-refractivity contribution in [2.75, 3.05) is 0 Å². The van der Waals surface area contributed by atoms with Crippen molar-refractivity contribution in [2.24, 2.45) is 0 Å². The Morgan fingerprint density at radius 2 is 2.28 bits per heavy atom. The van der Waals surface area contributed by atoms with Crippen LogP contribution in [0.1, 0.15) is 22.4 Å². The highest BCUT2D eigenvalue weighted by atomic mass is 79.9. The Labute approximate surface area is 122 Å². The number of nitrogens with zero attached hydrogens (tertiary/aromatic N) is 1. The van der Waals surface area contributed by atoms with Gasteiger partial charge >= 0.3 is 5.97 Å². The van der Waals surface area contributed by atoms with Gasteiger partial charge in [-0.15, -0.1) is 11.3 Å². The summed E-state index contributed by atoms with van der Waals surface area (Å²) in [5, 5.41) is 10.6. The highest BCUT2D eigenvalue weighted by Gasteiger charge is 2.19. The second-order valence-corrected chi connectivity index (χ2v) is 5.94. The molecule has 0 aliphatic heterocycles. The summed E-state index contributed by atoms with van der Waals surface area (Å²) < 4.78 is 0.767. The molecule has 1 heterocycles. The van der Waals surface area contributed by atoms with Crippen molar-refractivity contribution in [3.63, 3.8) is 0 Å². The first-order valence-electron chi connectivity index (χ1n) is 5.21. The van der Waals surface area contributed by atoms with Crippen molar-refractivity contribution in [1.82, 2.24) is 4.98 Å². The molecule has 0 bridgehead atoms. The molecule has 94 valence electrons. The Morgan fingerprint density at radius 3 is 2.83 bits per heavy atom. The van der Waals surface area contributed by atoms with Gasteiger partial charge < -0.3 is 5.11 Å². The number of halogens is 2. The summed E-state index contributed by atoms with van der Waals surface area (Å²) in [6, 6.07) is 5.28. The predicted octanol–water partition coefficient (Wildman–Crippen LogP) is 4.49. The van der Waals surface area contributed by atoms with E-state index in [1.165, 1.54) is 11.3 Å². The number of benzene rings is 1. The zero-order valence-electron chi connectivity index (χ0n) is 9.41. The fraction of sp³-hybridized carbons (Fsp3) is 0.167. The lowest BCUT2D eigenvalue weighted by atomic mass is 10.1. The van der Waals surface area contributed by atoms with Crippen molar-refractivity contribution in [3.05, 3.63) is 38.4 Å². The van der Waals surface area contributed by atoms with E-state index in [9.17, 15) is 9.90 Å². The van der Waals surface area contributed by atoms with Crippen molar-refractivity contribution in [1.29, 1.82) is 0 Å². The zero-order valence-corrected chi connectivity index (χ0v) is 12.6. The Hall–Kier alpha value is -0.910. The summed E-state index contributed by atoms with van der Waals surface area (Å²) in [6.07, 6.45) is 0.718. The van der Waals surface area contributed by atoms with Gasteiger partial charge in [-0.3, -0.25) is 0 Å². The van der Waals surface area contributed by atoms with Gasteiger partial charge in [-0.2, -0.15) is 0 Å². The van der Waals surface area contributed by atoms with E-state index in [0.29, 0.717) is 9.90 Å². The molecular weight excluding hydrogens is 338 g/mol. The second-order valence-electron chi connectivity index (χ2n) is 3.57. The topological polar surface area (TPSA) is 50.2 Å². The van der Waals surface area contributed by atoms with Crippen LogP contribution < -0.4 is 0 Å². The van der Waals surface area contributed by atoms with E-state index in [2.05, 4.69) is 20.9 Å². The lowest BCUT2D eigenvalue weighted by molar-refractivity contribution is 0.0692.